The second kappa shape index (κ2) is 5.29. The predicted molar refractivity (Wildman–Crippen MR) is 67.1 cm³/mol. The highest BCUT2D eigenvalue weighted by Crippen LogP contribution is 2.29. The maximum atomic E-state index is 13.7. The van der Waals surface area contributed by atoms with E-state index in [2.05, 4.69) is 5.32 Å². The summed E-state index contributed by atoms with van der Waals surface area (Å²) in [6, 6.07) is 2.05. The predicted octanol–water partition coefficient (Wildman–Crippen LogP) is 1.64. The normalized spacial score (nSPS) is 18.6. The number of rotatable bonds is 3. The van der Waals surface area contributed by atoms with Gasteiger partial charge >= 0.3 is 6.09 Å². The average molecular weight is 271 g/mol. The number of hydrogen-bond donors (Lipinski definition) is 3. The monoisotopic (exact) mass is 271 g/mol. The molecule has 1 aliphatic rings. The highest BCUT2D eigenvalue weighted by molar-refractivity contribution is 5.64. The van der Waals surface area contributed by atoms with Crippen LogP contribution < -0.4 is 16.0 Å². The zero-order valence-electron chi connectivity index (χ0n) is 10.2. The number of nitrogens with zero attached hydrogens (tertiary/aromatic N) is 1. The molecule has 0 bridgehead atoms. The first-order chi connectivity index (χ1) is 8.97. The molecule has 0 aliphatic carbocycles. The number of nitrogens with two attached hydrogens (primary N) is 1. The van der Waals surface area contributed by atoms with Gasteiger partial charge < -0.3 is 21.1 Å². The lowest BCUT2D eigenvalue weighted by Crippen LogP contribution is -2.30. The molecule has 0 radical (unpaired) electrons. The highest BCUT2D eigenvalue weighted by atomic mass is 19.1. The fraction of sp³-hybridized carbons (Fsp3) is 0.417. The van der Waals surface area contributed by atoms with E-state index in [1.165, 1.54) is 0 Å². The van der Waals surface area contributed by atoms with Gasteiger partial charge in [-0.05, 0) is 12.3 Å². The van der Waals surface area contributed by atoms with Crippen LogP contribution in [0.15, 0.2) is 12.1 Å². The van der Waals surface area contributed by atoms with E-state index < -0.39 is 17.7 Å². The first-order valence-corrected chi connectivity index (χ1v) is 5.93. The first-order valence-electron chi connectivity index (χ1n) is 5.93. The van der Waals surface area contributed by atoms with E-state index in [0.29, 0.717) is 19.6 Å². The molecule has 1 fully saturated rings. The number of carbonyl (C=O) groups is 1. The molecule has 7 heteroatoms. The molecule has 5 nitrogen and oxygen atoms in total. The molecule has 1 aliphatic heterocycles. The Kier molecular flexibility index (Phi) is 3.73. The molecule has 1 saturated heterocycles. The fourth-order valence-electron chi connectivity index (χ4n) is 2.24. The standard InChI is InChI=1S/C12H15F2N3O2/c13-8-4-11(9(14)3-10(8)15)17-2-1-7(6-17)5-16-12(18)19/h3-4,7,16H,1-2,5-6,15H2,(H,18,19). The Hall–Kier alpha value is -2.05. The van der Waals surface area contributed by atoms with Gasteiger partial charge in [-0.3, -0.25) is 0 Å². The van der Waals surface area contributed by atoms with Gasteiger partial charge in [0.25, 0.3) is 0 Å². The zero-order valence-corrected chi connectivity index (χ0v) is 10.2. The third-order valence-electron chi connectivity index (χ3n) is 3.23. The van der Waals surface area contributed by atoms with Crippen LogP contribution in [0.1, 0.15) is 6.42 Å². The van der Waals surface area contributed by atoms with Gasteiger partial charge in [0.1, 0.15) is 11.6 Å². The Labute approximate surface area is 109 Å². The Morgan fingerprint density at radius 3 is 2.89 bits per heavy atom. The van der Waals surface area contributed by atoms with Crippen molar-refractivity contribution in [1.82, 2.24) is 5.32 Å². The molecular formula is C12H15F2N3O2. The average Bonchev–Trinajstić information content (AvgIpc) is 2.80. The Morgan fingerprint density at radius 1 is 1.47 bits per heavy atom. The van der Waals surface area contributed by atoms with Gasteiger partial charge in [-0.25, -0.2) is 13.6 Å². The number of nitrogen functional groups attached to an aromatic ring is 1. The summed E-state index contributed by atoms with van der Waals surface area (Å²) in [6.45, 7) is 1.36. The molecule has 1 aromatic carbocycles. The minimum atomic E-state index is -1.08. The summed E-state index contributed by atoms with van der Waals surface area (Å²) in [5.41, 5.74) is 5.24. The van der Waals surface area contributed by atoms with Gasteiger partial charge in [0, 0.05) is 31.8 Å². The van der Waals surface area contributed by atoms with Gasteiger partial charge in [-0.15, -0.1) is 0 Å². The van der Waals surface area contributed by atoms with Gasteiger partial charge in [-0.1, -0.05) is 0 Å². The first kappa shape index (κ1) is 13.4. The number of amides is 1. The third kappa shape index (κ3) is 3.04. The maximum absolute atomic E-state index is 13.7. The molecule has 0 saturated carbocycles. The summed E-state index contributed by atoms with van der Waals surface area (Å²) < 4.78 is 27.1. The van der Waals surface area contributed by atoms with Crippen LogP contribution in [0.2, 0.25) is 0 Å². The van der Waals surface area contributed by atoms with E-state index in [4.69, 9.17) is 10.8 Å². The van der Waals surface area contributed by atoms with Crippen molar-refractivity contribution in [2.75, 3.05) is 30.3 Å². The molecule has 4 N–H and O–H groups in total. The van der Waals surface area contributed by atoms with Crippen molar-refractivity contribution in [3.63, 3.8) is 0 Å². The Morgan fingerprint density at radius 2 is 2.21 bits per heavy atom. The number of nitrogens with one attached hydrogen (secondary N) is 1. The van der Waals surface area contributed by atoms with Crippen LogP contribution in [0.4, 0.5) is 25.0 Å². The smallest absolute Gasteiger partial charge is 0.404 e. The van der Waals surface area contributed by atoms with Crippen LogP contribution >= 0.6 is 0 Å². The number of benzene rings is 1. The maximum Gasteiger partial charge on any atom is 0.404 e. The van der Waals surface area contributed by atoms with Crippen LogP contribution in [-0.4, -0.2) is 30.8 Å². The number of anilines is 2. The number of carboxylic acid groups (broad SMARTS) is 1. The lowest BCUT2D eigenvalue weighted by molar-refractivity contribution is 0.192. The molecule has 1 atom stereocenters. The number of halogens is 2. The van der Waals surface area contributed by atoms with Crippen molar-refractivity contribution in [3.05, 3.63) is 23.8 Å². The summed E-state index contributed by atoms with van der Waals surface area (Å²) in [5, 5.41) is 10.8. The largest absolute Gasteiger partial charge is 0.465 e. The van der Waals surface area contributed by atoms with E-state index in [1.807, 2.05) is 0 Å². The summed E-state index contributed by atoms with van der Waals surface area (Å²) in [7, 11) is 0. The Balaban J connectivity index is 2.04. The van der Waals surface area contributed by atoms with E-state index in [9.17, 15) is 13.6 Å². The van der Waals surface area contributed by atoms with Gasteiger partial charge in [0.05, 0.1) is 11.4 Å². The summed E-state index contributed by atoms with van der Waals surface area (Å²) in [5.74, 6) is -1.12. The number of hydrogen-bond acceptors (Lipinski definition) is 3. The molecule has 104 valence electrons. The van der Waals surface area contributed by atoms with E-state index in [-0.39, 0.29) is 17.3 Å². The molecule has 1 heterocycles. The van der Waals surface area contributed by atoms with Crippen LogP contribution in [0.3, 0.4) is 0 Å². The van der Waals surface area contributed by atoms with Crippen molar-refractivity contribution in [2.24, 2.45) is 5.92 Å². The second-order valence-electron chi connectivity index (χ2n) is 4.61. The van der Waals surface area contributed by atoms with Crippen LogP contribution in [0.25, 0.3) is 0 Å². The molecule has 19 heavy (non-hydrogen) atoms. The second-order valence-corrected chi connectivity index (χ2v) is 4.61. The minimum Gasteiger partial charge on any atom is -0.465 e. The minimum absolute atomic E-state index is 0.0936. The van der Waals surface area contributed by atoms with E-state index in [0.717, 1.165) is 18.6 Å². The van der Waals surface area contributed by atoms with Crippen LogP contribution in [-0.2, 0) is 0 Å². The lowest BCUT2D eigenvalue weighted by Gasteiger charge is -2.20. The molecule has 2 rings (SSSR count). The lowest BCUT2D eigenvalue weighted by atomic mass is 10.1. The topological polar surface area (TPSA) is 78.6 Å². The fourth-order valence-corrected chi connectivity index (χ4v) is 2.24. The zero-order chi connectivity index (χ0) is 14.0. The van der Waals surface area contributed by atoms with Crippen LogP contribution in [0, 0.1) is 17.6 Å². The van der Waals surface area contributed by atoms with Gasteiger partial charge in [0.15, 0.2) is 0 Å². The van der Waals surface area contributed by atoms with Crippen molar-refractivity contribution in [2.45, 2.75) is 6.42 Å². The van der Waals surface area contributed by atoms with Gasteiger partial charge in [0.2, 0.25) is 0 Å². The quantitative estimate of drug-likeness (QED) is 0.730. The Bertz CT molecular complexity index is 496. The van der Waals surface area contributed by atoms with Crippen LogP contribution in [0.5, 0.6) is 0 Å². The van der Waals surface area contributed by atoms with Crippen molar-refractivity contribution in [1.29, 1.82) is 0 Å². The molecular weight excluding hydrogens is 256 g/mol. The molecule has 1 unspecified atom stereocenters. The summed E-state index contributed by atoms with van der Waals surface area (Å²) >= 11 is 0. The van der Waals surface area contributed by atoms with Crippen molar-refractivity contribution in [3.8, 4) is 0 Å². The summed E-state index contributed by atoms with van der Waals surface area (Å²) in [6.07, 6.45) is -0.353. The van der Waals surface area contributed by atoms with Crippen molar-refractivity contribution < 1.29 is 18.7 Å². The molecule has 1 aromatic rings. The molecule has 0 aromatic heterocycles. The molecule has 0 spiro atoms. The SMILES string of the molecule is Nc1cc(F)c(N2CCC(CNC(=O)O)C2)cc1F. The van der Waals surface area contributed by atoms with E-state index in [1.54, 1.807) is 4.90 Å². The highest BCUT2D eigenvalue weighted by Gasteiger charge is 2.25. The van der Waals surface area contributed by atoms with Gasteiger partial charge in [-0.2, -0.15) is 0 Å². The summed E-state index contributed by atoms with van der Waals surface area (Å²) in [4.78, 5) is 12.1. The third-order valence-corrected chi connectivity index (χ3v) is 3.23. The van der Waals surface area contributed by atoms with Crippen molar-refractivity contribution >= 4 is 17.5 Å². The van der Waals surface area contributed by atoms with E-state index >= 15 is 0 Å². The molecule has 1 amide bonds.